The highest BCUT2D eigenvalue weighted by Crippen LogP contribution is 2.41. The standard InChI is InChI=1S/C13H24Cl2O3S/c1-2-3-6-18-7-5-13(10-14,11-15)12-4-8-19(16,17)9-12/h12H,2-11H2,1H3. The van der Waals surface area contributed by atoms with Gasteiger partial charge >= 0.3 is 0 Å². The molecule has 1 aliphatic heterocycles. The van der Waals surface area contributed by atoms with Crippen LogP contribution in [0.4, 0.5) is 0 Å². The molecule has 0 N–H and O–H groups in total. The Balaban J connectivity index is 2.54. The Hall–Kier alpha value is 0.490. The van der Waals surface area contributed by atoms with Crippen LogP contribution in [0.15, 0.2) is 0 Å². The Morgan fingerprint density at radius 3 is 2.42 bits per heavy atom. The number of ether oxygens (including phenoxy) is 1. The van der Waals surface area contributed by atoms with Crippen LogP contribution in [0.3, 0.4) is 0 Å². The van der Waals surface area contributed by atoms with Gasteiger partial charge in [0.15, 0.2) is 9.84 Å². The third-order valence-electron chi connectivity index (χ3n) is 4.02. The normalized spacial score (nSPS) is 22.8. The Kier molecular flexibility index (Phi) is 7.44. The van der Waals surface area contributed by atoms with E-state index < -0.39 is 9.84 Å². The Morgan fingerprint density at radius 2 is 1.95 bits per heavy atom. The maximum atomic E-state index is 11.6. The summed E-state index contributed by atoms with van der Waals surface area (Å²) in [6, 6.07) is 0. The molecule has 0 saturated carbocycles. The van der Waals surface area contributed by atoms with E-state index in [1.165, 1.54) is 0 Å². The first kappa shape index (κ1) is 17.5. The second-order valence-electron chi connectivity index (χ2n) is 5.45. The van der Waals surface area contributed by atoms with Crippen molar-refractivity contribution in [3.8, 4) is 0 Å². The molecule has 6 heteroatoms. The topological polar surface area (TPSA) is 43.4 Å². The summed E-state index contributed by atoms with van der Waals surface area (Å²) < 4.78 is 28.8. The van der Waals surface area contributed by atoms with Gasteiger partial charge in [-0.05, 0) is 25.2 Å². The van der Waals surface area contributed by atoms with Crippen LogP contribution in [0, 0.1) is 11.3 Å². The third-order valence-corrected chi connectivity index (χ3v) is 6.85. The number of sulfone groups is 1. The van der Waals surface area contributed by atoms with Gasteiger partial charge in [0.1, 0.15) is 0 Å². The number of hydrogen-bond acceptors (Lipinski definition) is 3. The minimum Gasteiger partial charge on any atom is -0.381 e. The summed E-state index contributed by atoms with van der Waals surface area (Å²) in [5.41, 5.74) is -0.307. The van der Waals surface area contributed by atoms with Crippen LogP contribution >= 0.6 is 23.2 Å². The highest BCUT2D eigenvalue weighted by atomic mass is 35.5. The van der Waals surface area contributed by atoms with Crippen LogP contribution in [0.2, 0.25) is 0 Å². The van der Waals surface area contributed by atoms with Gasteiger partial charge in [0, 0.05) is 30.4 Å². The Morgan fingerprint density at radius 1 is 1.26 bits per heavy atom. The lowest BCUT2D eigenvalue weighted by atomic mass is 9.76. The molecule has 1 unspecified atom stereocenters. The quantitative estimate of drug-likeness (QED) is 0.482. The zero-order valence-electron chi connectivity index (χ0n) is 11.5. The monoisotopic (exact) mass is 330 g/mol. The van der Waals surface area contributed by atoms with Gasteiger partial charge in [0.25, 0.3) is 0 Å². The van der Waals surface area contributed by atoms with Crippen molar-refractivity contribution in [1.29, 1.82) is 0 Å². The molecule has 114 valence electrons. The summed E-state index contributed by atoms with van der Waals surface area (Å²) in [4.78, 5) is 0. The first-order valence-electron chi connectivity index (χ1n) is 6.90. The van der Waals surface area contributed by atoms with Crippen LogP contribution in [-0.2, 0) is 14.6 Å². The number of halogens is 2. The van der Waals surface area contributed by atoms with Crippen LogP contribution < -0.4 is 0 Å². The molecule has 0 aromatic heterocycles. The molecule has 1 fully saturated rings. The molecular weight excluding hydrogens is 307 g/mol. The zero-order chi connectivity index (χ0) is 14.4. The van der Waals surface area contributed by atoms with Gasteiger partial charge in [-0.1, -0.05) is 13.3 Å². The molecule has 0 aromatic carbocycles. The van der Waals surface area contributed by atoms with E-state index in [1.54, 1.807) is 0 Å². The summed E-state index contributed by atoms with van der Waals surface area (Å²) in [7, 11) is -2.90. The number of hydrogen-bond donors (Lipinski definition) is 0. The molecule has 0 radical (unpaired) electrons. The molecule has 1 heterocycles. The van der Waals surface area contributed by atoms with Crippen LogP contribution in [0.5, 0.6) is 0 Å². The largest absolute Gasteiger partial charge is 0.381 e. The van der Waals surface area contributed by atoms with E-state index in [9.17, 15) is 8.42 Å². The number of rotatable bonds is 9. The highest BCUT2D eigenvalue weighted by Gasteiger charge is 2.43. The fourth-order valence-electron chi connectivity index (χ4n) is 2.49. The summed E-state index contributed by atoms with van der Waals surface area (Å²) in [5, 5.41) is 0. The molecule has 3 nitrogen and oxygen atoms in total. The second kappa shape index (κ2) is 8.06. The lowest BCUT2D eigenvalue weighted by Crippen LogP contribution is -2.36. The van der Waals surface area contributed by atoms with Crippen molar-refractivity contribution in [3.63, 3.8) is 0 Å². The molecule has 0 aromatic rings. The predicted octanol–water partition coefficient (Wildman–Crippen LogP) is 3.09. The third kappa shape index (κ3) is 5.07. The van der Waals surface area contributed by atoms with Crippen LogP contribution in [-0.4, -0.2) is 44.9 Å². The zero-order valence-corrected chi connectivity index (χ0v) is 13.9. The summed E-state index contributed by atoms with van der Waals surface area (Å²) >= 11 is 12.2. The van der Waals surface area contributed by atoms with Gasteiger partial charge in [-0.15, -0.1) is 23.2 Å². The minimum atomic E-state index is -2.90. The average molecular weight is 331 g/mol. The number of unbranched alkanes of at least 4 members (excludes halogenated alkanes) is 1. The molecule has 0 spiro atoms. The smallest absolute Gasteiger partial charge is 0.150 e. The van der Waals surface area contributed by atoms with Crippen molar-refractivity contribution >= 4 is 33.0 Å². The molecule has 1 saturated heterocycles. The molecule has 0 amide bonds. The Bertz CT molecular complexity index is 353. The van der Waals surface area contributed by atoms with Crippen molar-refractivity contribution in [3.05, 3.63) is 0 Å². The molecule has 19 heavy (non-hydrogen) atoms. The molecule has 0 aliphatic carbocycles. The first-order chi connectivity index (χ1) is 8.99. The van der Waals surface area contributed by atoms with Crippen molar-refractivity contribution in [2.75, 3.05) is 36.5 Å². The highest BCUT2D eigenvalue weighted by molar-refractivity contribution is 7.91. The van der Waals surface area contributed by atoms with Gasteiger partial charge in [-0.2, -0.15) is 0 Å². The van der Waals surface area contributed by atoms with E-state index in [0.717, 1.165) is 25.9 Å². The predicted molar refractivity (Wildman–Crippen MR) is 81.0 cm³/mol. The van der Waals surface area contributed by atoms with Crippen molar-refractivity contribution in [2.24, 2.45) is 11.3 Å². The van der Waals surface area contributed by atoms with E-state index in [0.29, 0.717) is 24.8 Å². The van der Waals surface area contributed by atoms with Crippen molar-refractivity contribution < 1.29 is 13.2 Å². The fraction of sp³-hybridized carbons (Fsp3) is 1.00. The first-order valence-corrected chi connectivity index (χ1v) is 9.79. The molecule has 0 bridgehead atoms. The Labute approximate surface area is 126 Å². The number of alkyl halides is 2. The lowest BCUT2D eigenvalue weighted by molar-refractivity contribution is 0.0869. The summed E-state index contributed by atoms with van der Waals surface area (Å²) in [5.74, 6) is 1.36. The van der Waals surface area contributed by atoms with E-state index in [4.69, 9.17) is 27.9 Å². The molecule has 1 atom stereocenters. The van der Waals surface area contributed by atoms with Gasteiger partial charge < -0.3 is 4.74 Å². The maximum absolute atomic E-state index is 11.6. The maximum Gasteiger partial charge on any atom is 0.150 e. The average Bonchev–Trinajstić information content (AvgIpc) is 2.75. The van der Waals surface area contributed by atoms with E-state index in [1.807, 2.05) is 0 Å². The molecule has 1 aliphatic rings. The van der Waals surface area contributed by atoms with Gasteiger partial charge in [0.2, 0.25) is 0 Å². The van der Waals surface area contributed by atoms with Crippen LogP contribution in [0.1, 0.15) is 32.6 Å². The van der Waals surface area contributed by atoms with Crippen LogP contribution in [0.25, 0.3) is 0 Å². The van der Waals surface area contributed by atoms with Gasteiger partial charge in [-0.3, -0.25) is 0 Å². The van der Waals surface area contributed by atoms with Crippen molar-refractivity contribution in [1.82, 2.24) is 0 Å². The van der Waals surface area contributed by atoms with Gasteiger partial charge in [-0.25, -0.2) is 8.42 Å². The van der Waals surface area contributed by atoms with E-state index >= 15 is 0 Å². The van der Waals surface area contributed by atoms with Gasteiger partial charge in [0.05, 0.1) is 11.5 Å². The second-order valence-corrected chi connectivity index (χ2v) is 8.21. The molecule has 1 rings (SSSR count). The molecular formula is C13H24Cl2O3S. The lowest BCUT2D eigenvalue weighted by Gasteiger charge is -2.35. The van der Waals surface area contributed by atoms with E-state index in [2.05, 4.69) is 6.92 Å². The van der Waals surface area contributed by atoms with Crippen molar-refractivity contribution in [2.45, 2.75) is 32.6 Å². The van der Waals surface area contributed by atoms with E-state index in [-0.39, 0.29) is 22.8 Å². The summed E-state index contributed by atoms with van der Waals surface area (Å²) in [6.07, 6.45) is 3.57. The SMILES string of the molecule is CCCCOCCC(CCl)(CCl)C1CCS(=O)(=O)C1. The minimum absolute atomic E-state index is 0.0716. The fourth-order valence-corrected chi connectivity index (χ4v) is 5.43. The summed E-state index contributed by atoms with van der Waals surface area (Å²) in [6.45, 7) is 3.48.